The van der Waals surface area contributed by atoms with E-state index in [0.29, 0.717) is 37.1 Å². The number of morpholine rings is 1. The van der Waals surface area contributed by atoms with E-state index in [0.717, 1.165) is 22.6 Å². The molecule has 0 bridgehead atoms. The summed E-state index contributed by atoms with van der Waals surface area (Å²) in [7, 11) is -3.54. The van der Waals surface area contributed by atoms with E-state index in [-0.39, 0.29) is 11.0 Å². The normalized spacial score (nSPS) is 17.8. The number of hydrogen-bond acceptors (Lipinski definition) is 6. The molecule has 0 radical (unpaired) electrons. The third-order valence-corrected chi connectivity index (χ3v) is 8.03. The minimum atomic E-state index is -3.54. The summed E-state index contributed by atoms with van der Waals surface area (Å²) in [6.07, 6.45) is 1.76. The lowest BCUT2D eigenvalue weighted by molar-refractivity contribution is 0.0730. The largest absolute Gasteiger partial charge is 0.481 e. The van der Waals surface area contributed by atoms with Crippen LogP contribution in [0.5, 0.6) is 5.75 Å². The topological polar surface area (TPSA) is 91.9 Å². The lowest BCUT2D eigenvalue weighted by atomic mass is 10.0. The van der Waals surface area contributed by atoms with Crippen LogP contribution in [0, 0.1) is 0 Å². The van der Waals surface area contributed by atoms with E-state index in [1.165, 1.54) is 4.31 Å². The zero-order valence-corrected chi connectivity index (χ0v) is 21.0. The quantitative estimate of drug-likeness (QED) is 0.334. The molecule has 2 aliphatic rings. The molecule has 0 aliphatic carbocycles. The van der Waals surface area contributed by atoms with E-state index >= 15 is 0 Å². The molecule has 1 fully saturated rings. The second-order valence-electron chi connectivity index (χ2n) is 8.27. The number of sulfonamides is 1. The molecule has 3 N–H and O–H groups in total. The molecule has 10 heteroatoms. The number of ether oxygens (including phenoxy) is 2. The number of fused-ring (bicyclic) bond motifs is 1. The molecule has 0 aromatic heterocycles. The molecular weight excluding hydrogens is 496 g/mol. The molecule has 2 heterocycles. The van der Waals surface area contributed by atoms with Gasteiger partial charge < -0.3 is 14.8 Å². The maximum atomic E-state index is 12.8. The van der Waals surface area contributed by atoms with Crippen LogP contribution >= 0.6 is 12.2 Å². The minimum absolute atomic E-state index is 0.239. The fourth-order valence-corrected chi connectivity index (χ4v) is 5.63. The van der Waals surface area contributed by atoms with Gasteiger partial charge in [0.05, 0.1) is 23.8 Å². The summed E-state index contributed by atoms with van der Waals surface area (Å²) in [6, 6.07) is 24.3. The number of thiocarbonyl (C=S) groups is 1. The van der Waals surface area contributed by atoms with Crippen LogP contribution in [0.25, 0.3) is 5.70 Å². The molecule has 3 aromatic carbocycles. The Morgan fingerprint density at radius 3 is 2.36 bits per heavy atom. The highest BCUT2D eigenvalue weighted by Gasteiger charge is 2.26. The van der Waals surface area contributed by atoms with Crippen molar-refractivity contribution >= 4 is 38.7 Å². The number of anilines is 1. The maximum absolute atomic E-state index is 12.8. The number of hydrogen-bond donors (Lipinski definition) is 3. The Labute approximate surface area is 215 Å². The van der Waals surface area contributed by atoms with Crippen molar-refractivity contribution in [2.24, 2.45) is 0 Å². The Hall–Kier alpha value is -3.44. The average Bonchev–Trinajstić information content (AvgIpc) is 2.93. The molecule has 0 amide bonds. The predicted molar refractivity (Wildman–Crippen MR) is 143 cm³/mol. The van der Waals surface area contributed by atoms with Gasteiger partial charge in [0.25, 0.3) is 0 Å². The van der Waals surface area contributed by atoms with Crippen molar-refractivity contribution in [3.63, 3.8) is 0 Å². The monoisotopic (exact) mass is 522 g/mol. The van der Waals surface area contributed by atoms with Crippen molar-refractivity contribution < 1.29 is 17.9 Å². The second-order valence-corrected chi connectivity index (χ2v) is 10.6. The molecular formula is C26H26N4O4S2. The summed E-state index contributed by atoms with van der Waals surface area (Å²) >= 11 is 5.45. The lowest BCUT2D eigenvalue weighted by Gasteiger charge is -2.27. The van der Waals surface area contributed by atoms with E-state index in [1.807, 2.05) is 60.7 Å². The summed E-state index contributed by atoms with van der Waals surface area (Å²) in [5.41, 5.74) is 9.66. The Balaban J connectivity index is 1.24. The summed E-state index contributed by atoms with van der Waals surface area (Å²) in [5, 5.41) is 3.41. The summed E-state index contributed by atoms with van der Waals surface area (Å²) in [5.74, 6) is 0.772. The molecule has 2 aliphatic heterocycles. The number of benzene rings is 3. The highest BCUT2D eigenvalue weighted by Crippen LogP contribution is 2.35. The number of para-hydroxylation sites is 1. The molecule has 0 unspecified atom stereocenters. The Morgan fingerprint density at radius 1 is 0.917 bits per heavy atom. The lowest BCUT2D eigenvalue weighted by Crippen LogP contribution is -2.40. The minimum Gasteiger partial charge on any atom is -0.481 e. The molecule has 1 atom stereocenters. The van der Waals surface area contributed by atoms with E-state index in [1.54, 1.807) is 24.3 Å². The van der Waals surface area contributed by atoms with Crippen LogP contribution < -0.4 is 20.9 Å². The van der Waals surface area contributed by atoms with Crippen LogP contribution in [0.4, 0.5) is 5.69 Å². The number of hydrazine groups is 1. The third-order valence-electron chi connectivity index (χ3n) is 5.91. The fraction of sp³-hybridized carbons (Fsp3) is 0.192. The van der Waals surface area contributed by atoms with E-state index in [9.17, 15) is 8.42 Å². The molecule has 0 spiro atoms. The molecule has 8 nitrogen and oxygen atoms in total. The molecule has 1 saturated heterocycles. The SMILES string of the molecule is O=S(=O)(c1ccc(NC(=S)NNC2=C[C@H](c3ccccc3)Oc3ccccc32)cc1)N1CCOCC1. The van der Waals surface area contributed by atoms with Crippen LogP contribution in [0.1, 0.15) is 17.2 Å². The van der Waals surface area contributed by atoms with Gasteiger partial charge in [-0.3, -0.25) is 10.9 Å². The Kier molecular flexibility index (Phi) is 7.19. The first-order valence-electron chi connectivity index (χ1n) is 11.5. The molecule has 0 saturated carbocycles. The maximum Gasteiger partial charge on any atom is 0.243 e. The van der Waals surface area contributed by atoms with E-state index in [4.69, 9.17) is 21.7 Å². The van der Waals surface area contributed by atoms with Gasteiger partial charge in [0.1, 0.15) is 11.9 Å². The van der Waals surface area contributed by atoms with E-state index in [2.05, 4.69) is 16.2 Å². The molecule has 186 valence electrons. The number of nitrogens with one attached hydrogen (secondary N) is 3. The third kappa shape index (κ3) is 5.36. The van der Waals surface area contributed by atoms with Gasteiger partial charge in [-0.15, -0.1) is 0 Å². The van der Waals surface area contributed by atoms with E-state index < -0.39 is 10.0 Å². The molecule has 3 aromatic rings. The molecule has 36 heavy (non-hydrogen) atoms. The Morgan fingerprint density at radius 2 is 1.61 bits per heavy atom. The van der Waals surface area contributed by atoms with Gasteiger partial charge in [0.15, 0.2) is 5.11 Å². The first-order chi connectivity index (χ1) is 17.5. The summed E-state index contributed by atoms with van der Waals surface area (Å²) in [4.78, 5) is 0.239. The van der Waals surface area contributed by atoms with Crippen LogP contribution in [-0.2, 0) is 14.8 Å². The van der Waals surface area contributed by atoms with Gasteiger partial charge >= 0.3 is 0 Å². The van der Waals surface area contributed by atoms with Gasteiger partial charge in [-0.05, 0) is 60.3 Å². The standard InChI is InChI=1S/C26H26N4O4S2/c31-36(32,30-14-16-33-17-15-30)21-12-10-20(11-13-21)27-26(35)29-28-23-18-25(19-6-2-1-3-7-19)34-24-9-5-4-8-22(23)24/h1-13,18,25,28H,14-17H2,(H2,27,29,35)/t25-/m1/s1. The van der Waals surface area contributed by atoms with Crippen LogP contribution in [-0.4, -0.2) is 44.1 Å². The van der Waals surface area contributed by atoms with Gasteiger partial charge in [0, 0.05) is 24.3 Å². The predicted octanol–water partition coefficient (Wildman–Crippen LogP) is 3.67. The fourth-order valence-electron chi connectivity index (χ4n) is 4.05. The zero-order valence-electron chi connectivity index (χ0n) is 19.4. The average molecular weight is 523 g/mol. The van der Waals surface area contributed by atoms with Crippen molar-refractivity contribution in [2.45, 2.75) is 11.0 Å². The second kappa shape index (κ2) is 10.7. The van der Waals surface area contributed by atoms with Gasteiger partial charge in [0.2, 0.25) is 10.0 Å². The first-order valence-corrected chi connectivity index (χ1v) is 13.4. The van der Waals surface area contributed by atoms with Crippen molar-refractivity contribution in [3.05, 3.63) is 96.1 Å². The van der Waals surface area contributed by atoms with Crippen molar-refractivity contribution in [2.75, 3.05) is 31.6 Å². The van der Waals surface area contributed by atoms with Gasteiger partial charge in [-0.1, -0.05) is 42.5 Å². The smallest absolute Gasteiger partial charge is 0.243 e. The zero-order chi connectivity index (χ0) is 25.0. The van der Waals surface area contributed by atoms with Crippen LogP contribution in [0.3, 0.4) is 0 Å². The van der Waals surface area contributed by atoms with Gasteiger partial charge in [-0.25, -0.2) is 8.42 Å². The number of rotatable bonds is 6. The van der Waals surface area contributed by atoms with Crippen molar-refractivity contribution in [1.82, 2.24) is 15.2 Å². The van der Waals surface area contributed by atoms with Gasteiger partial charge in [-0.2, -0.15) is 4.31 Å². The summed E-state index contributed by atoms with van der Waals surface area (Å²) in [6.45, 7) is 1.53. The van der Waals surface area contributed by atoms with Crippen LogP contribution in [0.15, 0.2) is 89.8 Å². The summed E-state index contributed by atoms with van der Waals surface area (Å²) < 4.78 is 38.5. The highest BCUT2D eigenvalue weighted by atomic mass is 32.2. The first kappa shape index (κ1) is 24.3. The van der Waals surface area contributed by atoms with Crippen molar-refractivity contribution in [1.29, 1.82) is 0 Å². The highest BCUT2D eigenvalue weighted by molar-refractivity contribution is 7.89. The molecule has 5 rings (SSSR count). The van der Waals surface area contributed by atoms with Crippen LogP contribution in [0.2, 0.25) is 0 Å². The number of nitrogens with zero attached hydrogens (tertiary/aromatic N) is 1. The Bertz CT molecular complexity index is 1360. The van der Waals surface area contributed by atoms with Crippen molar-refractivity contribution in [3.8, 4) is 5.75 Å².